The van der Waals surface area contributed by atoms with Crippen LogP contribution in [0.4, 0.5) is 11.4 Å². The van der Waals surface area contributed by atoms with Crippen molar-refractivity contribution >= 4 is 33.2 Å². The summed E-state index contributed by atoms with van der Waals surface area (Å²) in [7, 11) is 0. The van der Waals surface area contributed by atoms with Crippen molar-refractivity contribution in [3.8, 4) is 0 Å². The first-order valence-electron chi connectivity index (χ1n) is 11.2. The van der Waals surface area contributed by atoms with Crippen LogP contribution >= 0.6 is 15.9 Å². The first kappa shape index (κ1) is 19.1. The molecule has 3 aromatic carbocycles. The number of anilines is 2. The van der Waals surface area contributed by atoms with E-state index in [1.54, 1.807) is 0 Å². The smallest absolute Gasteiger partial charge is 0.255 e. The Morgan fingerprint density at radius 2 is 1.77 bits per heavy atom. The number of hydrogen-bond acceptors (Lipinski definition) is 2. The maximum Gasteiger partial charge on any atom is 0.255 e. The topological polar surface area (TPSA) is 41.1 Å². The van der Waals surface area contributed by atoms with E-state index in [1.165, 1.54) is 36.1 Å². The molecule has 6 rings (SSSR count). The van der Waals surface area contributed by atoms with E-state index >= 15 is 0 Å². The summed E-state index contributed by atoms with van der Waals surface area (Å²) in [5, 5.41) is 6.90. The molecule has 0 saturated heterocycles. The number of halogens is 1. The second-order valence-electron chi connectivity index (χ2n) is 9.24. The van der Waals surface area contributed by atoms with Gasteiger partial charge in [-0.3, -0.25) is 4.79 Å². The lowest BCUT2D eigenvalue weighted by Crippen LogP contribution is -2.35. The van der Waals surface area contributed by atoms with E-state index in [2.05, 4.69) is 69.0 Å². The van der Waals surface area contributed by atoms with E-state index < -0.39 is 0 Å². The van der Waals surface area contributed by atoms with Gasteiger partial charge in [0.1, 0.15) is 0 Å². The van der Waals surface area contributed by atoms with Crippen LogP contribution in [0.3, 0.4) is 0 Å². The van der Waals surface area contributed by atoms with Crippen molar-refractivity contribution in [3.05, 3.63) is 94.0 Å². The highest BCUT2D eigenvalue weighted by Gasteiger charge is 2.53. The Hall–Kier alpha value is -2.59. The summed E-state index contributed by atoms with van der Waals surface area (Å²) in [5.74, 6) is 2.62. The molecule has 3 nitrogen and oxygen atoms in total. The van der Waals surface area contributed by atoms with Crippen LogP contribution in [0.25, 0.3) is 0 Å². The molecule has 31 heavy (non-hydrogen) atoms. The molecule has 2 saturated carbocycles. The van der Waals surface area contributed by atoms with Crippen LogP contribution in [0, 0.1) is 17.8 Å². The third-order valence-electron chi connectivity index (χ3n) is 7.59. The zero-order chi connectivity index (χ0) is 20.9. The van der Waals surface area contributed by atoms with Crippen molar-refractivity contribution < 1.29 is 4.79 Å². The molecule has 2 bridgehead atoms. The Labute approximate surface area is 191 Å². The van der Waals surface area contributed by atoms with Crippen molar-refractivity contribution in [1.82, 2.24) is 0 Å². The molecule has 1 amide bonds. The Balaban J connectivity index is 1.35. The average Bonchev–Trinajstić information content (AvgIpc) is 3.42. The molecular weight excluding hydrogens is 448 g/mol. The maximum absolute atomic E-state index is 13.0. The molecule has 5 atom stereocenters. The molecule has 4 heteroatoms. The fraction of sp³-hybridized carbons (Fsp3) is 0.296. The van der Waals surface area contributed by atoms with Crippen LogP contribution in [-0.2, 0) is 0 Å². The number of carbonyl (C=O) groups excluding carboxylic acids is 1. The fourth-order valence-corrected chi connectivity index (χ4v) is 6.79. The van der Waals surface area contributed by atoms with E-state index in [0.29, 0.717) is 17.9 Å². The predicted octanol–water partition coefficient (Wildman–Crippen LogP) is 7.00. The molecule has 2 aliphatic carbocycles. The standard InChI is InChI=1S/C27H25BrN2O/c28-20-7-4-8-21(15-20)29-27(31)19-11-12-23-22(14-19)24-17-9-10-18(13-17)25(24)26(30-23)16-5-2-1-3-6-16/h1-8,11-12,14-15,17-18,24-26,30H,9-10,13H2,(H,29,31)/t17-,18-,24-,25-,26+/m0/s1. The lowest BCUT2D eigenvalue weighted by Gasteiger charge is -2.43. The van der Waals surface area contributed by atoms with Crippen LogP contribution in [0.5, 0.6) is 0 Å². The Morgan fingerprint density at radius 1 is 0.935 bits per heavy atom. The summed E-state index contributed by atoms with van der Waals surface area (Å²) in [5.41, 5.74) is 5.46. The molecular formula is C27H25BrN2O. The van der Waals surface area contributed by atoms with Gasteiger partial charge in [-0.15, -0.1) is 0 Å². The third kappa shape index (κ3) is 3.28. The van der Waals surface area contributed by atoms with Gasteiger partial charge in [-0.05, 0) is 90.5 Å². The SMILES string of the molecule is O=C(Nc1cccc(Br)c1)c1ccc2c(c1)[C@@H]1[C@H]3CC[C@@H](C3)[C@@H]1[C@@H](c1ccccc1)N2. The van der Waals surface area contributed by atoms with Crippen LogP contribution in [0.1, 0.15) is 52.7 Å². The number of carbonyl (C=O) groups is 1. The average molecular weight is 473 g/mol. The van der Waals surface area contributed by atoms with E-state index in [0.717, 1.165) is 27.6 Å². The molecule has 3 aromatic rings. The van der Waals surface area contributed by atoms with Crippen LogP contribution in [0.2, 0.25) is 0 Å². The van der Waals surface area contributed by atoms with Crippen LogP contribution in [-0.4, -0.2) is 5.91 Å². The number of nitrogens with one attached hydrogen (secondary N) is 2. The third-order valence-corrected chi connectivity index (χ3v) is 8.08. The monoisotopic (exact) mass is 472 g/mol. The van der Waals surface area contributed by atoms with Gasteiger partial charge in [0.15, 0.2) is 0 Å². The number of rotatable bonds is 3. The Morgan fingerprint density at radius 3 is 2.61 bits per heavy atom. The summed E-state index contributed by atoms with van der Waals surface area (Å²) >= 11 is 3.47. The zero-order valence-corrected chi connectivity index (χ0v) is 18.8. The van der Waals surface area contributed by atoms with Gasteiger partial charge in [0.2, 0.25) is 0 Å². The number of benzene rings is 3. The van der Waals surface area contributed by atoms with Gasteiger partial charge in [0, 0.05) is 21.4 Å². The van der Waals surface area contributed by atoms with Gasteiger partial charge in [-0.1, -0.05) is 52.3 Å². The molecule has 2 fully saturated rings. The van der Waals surface area contributed by atoms with Gasteiger partial charge < -0.3 is 10.6 Å². The van der Waals surface area contributed by atoms with Crippen molar-refractivity contribution in [3.63, 3.8) is 0 Å². The summed E-state index contributed by atoms with van der Waals surface area (Å²) < 4.78 is 0.955. The van der Waals surface area contributed by atoms with Crippen LogP contribution in [0.15, 0.2) is 77.3 Å². The summed E-state index contributed by atoms with van der Waals surface area (Å²) in [6.45, 7) is 0. The Kier molecular flexibility index (Phi) is 4.64. The highest BCUT2D eigenvalue weighted by atomic mass is 79.9. The second kappa shape index (κ2) is 7.52. The first-order chi connectivity index (χ1) is 15.2. The molecule has 156 valence electrons. The first-order valence-corrected chi connectivity index (χ1v) is 12.0. The lowest BCUT2D eigenvalue weighted by atomic mass is 9.68. The number of hydrogen-bond donors (Lipinski definition) is 2. The minimum atomic E-state index is -0.0502. The molecule has 0 unspecified atom stereocenters. The highest BCUT2D eigenvalue weighted by molar-refractivity contribution is 9.10. The van der Waals surface area contributed by atoms with E-state index in [-0.39, 0.29) is 5.91 Å². The summed E-state index contributed by atoms with van der Waals surface area (Å²) in [6.07, 6.45) is 3.99. The van der Waals surface area contributed by atoms with E-state index in [9.17, 15) is 4.79 Å². The molecule has 0 radical (unpaired) electrons. The second-order valence-corrected chi connectivity index (χ2v) is 10.2. The summed E-state index contributed by atoms with van der Waals surface area (Å²) in [4.78, 5) is 13.0. The predicted molar refractivity (Wildman–Crippen MR) is 128 cm³/mol. The molecule has 0 spiro atoms. The Bertz CT molecular complexity index is 1140. The van der Waals surface area contributed by atoms with E-state index in [1.807, 2.05) is 30.3 Å². The van der Waals surface area contributed by atoms with Gasteiger partial charge in [0.05, 0.1) is 6.04 Å². The van der Waals surface area contributed by atoms with Crippen molar-refractivity contribution in [2.45, 2.75) is 31.2 Å². The van der Waals surface area contributed by atoms with Gasteiger partial charge >= 0.3 is 0 Å². The number of amides is 1. The van der Waals surface area contributed by atoms with Crippen molar-refractivity contribution in [2.75, 3.05) is 10.6 Å². The largest absolute Gasteiger partial charge is 0.378 e. The van der Waals surface area contributed by atoms with Crippen molar-refractivity contribution in [1.29, 1.82) is 0 Å². The van der Waals surface area contributed by atoms with Crippen molar-refractivity contribution in [2.24, 2.45) is 17.8 Å². The van der Waals surface area contributed by atoms with Gasteiger partial charge in [-0.25, -0.2) is 0 Å². The molecule has 0 aromatic heterocycles. The normalized spacial score (nSPS) is 27.8. The maximum atomic E-state index is 13.0. The molecule has 3 aliphatic rings. The number of fused-ring (bicyclic) bond motifs is 7. The molecule has 2 N–H and O–H groups in total. The summed E-state index contributed by atoms with van der Waals surface area (Å²) in [6, 6.07) is 25.2. The van der Waals surface area contributed by atoms with E-state index in [4.69, 9.17) is 0 Å². The van der Waals surface area contributed by atoms with Crippen LogP contribution < -0.4 is 10.6 Å². The lowest BCUT2D eigenvalue weighted by molar-refractivity contribution is 0.102. The fourth-order valence-electron chi connectivity index (χ4n) is 6.39. The molecule has 1 aliphatic heterocycles. The van der Waals surface area contributed by atoms with Gasteiger partial charge in [-0.2, -0.15) is 0 Å². The minimum absolute atomic E-state index is 0.0502. The highest BCUT2D eigenvalue weighted by Crippen LogP contribution is 2.63. The quantitative estimate of drug-likeness (QED) is 0.430. The molecule has 1 heterocycles. The zero-order valence-electron chi connectivity index (χ0n) is 17.2. The minimum Gasteiger partial charge on any atom is -0.378 e. The van der Waals surface area contributed by atoms with Gasteiger partial charge in [0.25, 0.3) is 5.91 Å².